The molecule has 1 heterocycles. The van der Waals surface area contributed by atoms with E-state index < -0.39 is 5.97 Å². The molecule has 15 heavy (non-hydrogen) atoms. The number of nitrogens with one attached hydrogen (secondary N) is 1. The lowest BCUT2D eigenvalue weighted by Crippen LogP contribution is -2.30. The zero-order valence-corrected chi connectivity index (χ0v) is 9.10. The molecular formula is C10H17N3O2. The minimum Gasteiger partial charge on any atom is -0.481 e. The second-order valence-corrected chi connectivity index (χ2v) is 3.65. The van der Waals surface area contributed by atoms with Crippen molar-refractivity contribution in [1.29, 1.82) is 0 Å². The van der Waals surface area contributed by atoms with E-state index in [1.807, 2.05) is 24.7 Å². The highest BCUT2D eigenvalue weighted by Crippen LogP contribution is 1.97. The second kappa shape index (κ2) is 5.50. The van der Waals surface area contributed by atoms with Gasteiger partial charge in [0.25, 0.3) is 0 Å². The topological polar surface area (TPSA) is 67.2 Å². The van der Waals surface area contributed by atoms with E-state index in [9.17, 15) is 4.79 Å². The van der Waals surface area contributed by atoms with E-state index in [1.54, 1.807) is 6.20 Å². The average Bonchev–Trinajstić information content (AvgIpc) is 2.50. The number of carboxylic acids is 1. The molecule has 0 amide bonds. The molecule has 5 nitrogen and oxygen atoms in total. The maximum atomic E-state index is 10.4. The molecule has 0 spiro atoms. The average molecular weight is 211 g/mol. The number of nitrogens with zero attached hydrogens (tertiary/aromatic N) is 2. The summed E-state index contributed by atoms with van der Waals surface area (Å²) in [6.07, 6.45) is 2.78. The summed E-state index contributed by atoms with van der Waals surface area (Å²) in [4.78, 5) is 10.4. The standard InChI is InChI=1S/C10H17N3O2/c1-8(7-10(14)15)11-5-3-9-4-6-12-13(9)2/h4,6,8,11H,3,5,7H2,1-2H3,(H,14,15). The normalized spacial score (nSPS) is 12.7. The maximum absolute atomic E-state index is 10.4. The fourth-order valence-electron chi connectivity index (χ4n) is 1.43. The van der Waals surface area contributed by atoms with Gasteiger partial charge in [0, 0.05) is 37.9 Å². The molecule has 0 aliphatic carbocycles. The third kappa shape index (κ3) is 4.12. The Morgan fingerprint density at radius 3 is 3.00 bits per heavy atom. The van der Waals surface area contributed by atoms with Crippen LogP contribution in [0.15, 0.2) is 12.3 Å². The molecule has 0 radical (unpaired) electrons. The molecule has 2 N–H and O–H groups in total. The van der Waals surface area contributed by atoms with Crippen LogP contribution in [0.4, 0.5) is 0 Å². The number of carboxylic acid groups (broad SMARTS) is 1. The predicted molar refractivity (Wildman–Crippen MR) is 56.6 cm³/mol. The Bertz CT molecular complexity index is 322. The van der Waals surface area contributed by atoms with Crippen molar-refractivity contribution < 1.29 is 9.90 Å². The van der Waals surface area contributed by atoms with Crippen LogP contribution in [0, 0.1) is 0 Å². The first-order valence-corrected chi connectivity index (χ1v) is 5.01. The largest absolute Gasteiger partial charge is 0.481 e. The summed E-state index contributed by atoms with van der Waals surface area (Å²) >= 11 is 0. The van der Waals surface area contributed by atoms with Crippen LogP contribution >= 0.6 is 0 Å². The number of carbonyl (C=O) groups is 1. The molecule has 1 aromatic heterocycles. The summed E-state index contributed by atoms with van der Waals surface area (Å²) in [5.74, 6) is -0.768. The maximum Gasteiger partial charge on any atom is 0.304 e. The van der Waals surface area contributed by atoms with Gasteiger partial charge in [-0.1, -0.05) is 0 Å². The number of aromatic nitrogens is 2. The minimum absolute atomic E-state index is 0.00993. The van der Waals surface area contributed by atoms with E-state index in [0.717, 1.165) is 18.7 Å². The van der Waals surface area contributed by atoms with Crippen LogP contribution < -0.4 is 5.32 Å². The van der Waals surface area contributed by atoms with Crippen molar-refractivity contribution in [1.82, 2.24) is 15.1 Å². The summed E-state index contributed by atoms with van der Waals surface area (Å²) < 4.78 is 1.82. The van der Waals surface area contributed by atoms with Crippen LogP contribution in [0.2, 0.25) is 0 Å². The number of hydrogen-bond donors (Lipinski definition) is 2. The van der Waals surface area contributed by atoms with Crippen molar-refractivity contribution in [3.8, 4) is 0 Å². The fraction of sp³-hybridized carbons (Fsp3) is 0.600. The van der Waals surface area contributed by atoms with Crippen molar-refractivity contribution in [2.75, 3.05) is 6.54 Å². The first-order valence-electron chi connectivity index (χ1n) is 5.01. The minimum atomic E-state index is -0.768. The quantitative estimate of drug-likeness (QED) is 0.715. The van der Waals surface area contributed by atoms with Gasteiger partial charge in [-0.2, -0.15) is 5.10 Å². The van der Waals surface area contributed by atoms with E-state index in [-0.39, 0.29) is 12.5 Å². The van der Waals surface area contributed by atoms with E-state index in [1.165, 1.54) is 0 Å². The van der Waals surface area contributed by atoms with Crippen LogP contribution in [0.25, 0.3) is 0 Å². The van der Waals surface area contributed by atoms with Crippen molar-refractivity contribution in [3.63, 3.8) is 0 Å². The molecule has 0 fully saturated rings. The molecule has 5 heteroatoms. The van der Waals surface area contributed by atoms with Crippen molar-refractivity contribution in [3.05, 3.63) is 18.0 Å². The van der Waals surface area contributed by atoms with Gasteiger partial charge in [-0.3, -0.25) is 9.48 Å². The number of rotatable bonds is 6. The third-order valence-electron chi connectivity index (χ3n) is 2.28. The number of aliphatic carboxylic acids is 1. The second-order valence-electron chi connectivity index (χ2n) is 3.65. The molecule has 0 bridgehead atoms. The molecule has 0 aliphatic rings. The number of hydrogen-bond acceptors (Lipinski definition) is 3. The van der Waals surface area contributed by atoms with E-state index >= 15 is 0 Å². The first kappa shape index (κ1) is 11.7. The lowest BCUT2D eigenvalue weighted by Gasteiger charge is -2.10. The van der Waals surface area contributed by atoms with E-state index in [4.69, 9.17) is 5.11 Å². The molecule has 1 rings (SSSR count). The van der Waals surface area contributed by atoms with Crippen LogP contribution in [0.1, 0.15) is 19.0 Å². The Labute approximate surface area is 89.1 Å². The van der Waals surface area contributed by atoms with Gasteiger partial charge in [0.05, 0.1) is 6.42 Å². The highest BCUT2D eigenvalue weighted by atomic mass is 16.4. The Morgan fingerprint density at radius 1 is 1.73 bits per heavy atom. The molecule has 1 atom stereocenters. The molecule has 1 unspecified atom stereocenters. The van der Waals surface area contributed by atoms with Crippen LogP contribution in [0.3, 0.4) is 0 Å². The van der Waals surface area contributed by atoms with Crippen LogP contribution in [-0.4, -0.2) is 33.4 Å². The fourth-order valence-corrected chi connectivity index (χ4v) is 1.43. The van der Waals surface area contributed by atoms with Crippen molar-refractivity contribution in [2.45, 2.75) is 25.8 Å². The molecule has 84 valence electrons. The zero-order chi connectivity index (χ0) is 11.3. The Balaban J connectivity index is 2.22. The summed E-state index contributed by atoms with van der Waals surface area (Å²) in [6, 6.07) is 1.97. The van der Waals surface area contributed by atoms with Crippen molar-refractivity contribution in [2.24, 2.45) is 7.05 Å². The van der Waals surface area contributed by atoms with Gasteiger partial charge in [-0.05, 0) is 13.0 Å². The summed E-state index contributed by atoms with van der Waals surface area (Å²) in [5, 5.41) is 15.8. The van der Waals surface area contributed by atoms with Gasteiger partial charge in [0.15, 0.2) is 0 Å². The van der Waals surface area contributed by atoms with E-state index in [0.29, 0.717) is 0 Å². The lowest BCUT2D eigenvalue weighted by atomic mass is 10.2. The first-order chi connectivity index (χ1) is 7.09. The van der Waals surface area contributed by atoms with E-state index in [2.05, 4.69) is 10.4 Å². The number of aryl methyl sites for hydroxylation is 1. The van der Waals surface area contributed by atoms with Gasteiger partial charge >= 0.3 is 5.97 Å². The van der Waals surface area contributed by atoms with Gasteiger partial charge in [0.1, 0.15) is 0 Å². The zero-order valence-electron chi connectivity index (χ0n) is 9.10. The van der Waals surface area contributed by atoms with Gasteiger partial charge in [-0.25, -0.2) is 0 Å². The van der Waals surface area contributed by atoms with Gasteiger partial charge in [0.2, 0.25) is 0 Å². The highest BCUT2D eigenvalue weighted by molar-refractivity contribution is 5.67. The van der Waals surface area contributed by atoms with Crippen LogP contribution in [-0.2, 0) is 18.3 Å². The molecule has 1 aromatic rings. The Kier molecular flexibility index (Phi) is 4.30. The molecule has 0 saturated heterocycles. The predicted octanol–water partition coefficient (Wildman–Crippen LogP) is 0.415. The lowest BCUT2D eigenvalue weighted by molar-refractivity contribution is -0.137. The summed E-state index contributed by atoms with van der Waals surface area (Å²) in [5.41, 5.74) is 1.14. The molecular weight excluding hydrogens is 194 g/mol. The van der Waals surface area contributed by atoms with Crippen molar-refractivity contribution >= 4 is 5.97 Å². The van der Waals surface area contributed by atoms with Crippen LogP contribution in [0.5, 0.6) is 0 Å². The van der Waals surface area contributed by atoms with Gasteiger partial charge in [-0.15, -0.1) is 0 Å². The third-order valence-corrected chi connectivity index (χ3v) is 2.28. The highest BCUT2D eigenvalue weighted by Gasteiger charge is 2.06. The van der Waals surface area contributed by atoms with Gasteiger partial charge < -0.3 is 10.4 Å². The summed E-state index contributed by atoms with van der Waals surface area (Å²) in [7, 11) is 1.90. The molecule has 0 aliphatic heterocycles. The monoisotopic (exact) mass is 211 g/mol. The Hall–Kier alpha value is -1.36. The molecule has 0 saturated carbocycles. The Morgan fingerprint density at radius 2 is 2.47 bits per heavy atom. The summed E-state index contributed by atoms with van der Waals surface area (Å²) in [6.45, 7) is 2.64. The smallest absolute Gasteiger partial charge is 0.304 e. The molecule has 0 aromatic carbocycles. The SMILES string of the molecule is CC(CC(=O)O)NCCc1ccnn1C.